The third kappa shape index (κ3) is 3.68. The fourth-order valence-electron chi connectivity index (χ4n) is 4.19. The Morgan fingerprint density at radius 3 is 2.32 bits per heavy atom. The molecular weight excluding hydrogens is 426 g/mol. The molecule has 0 bridgehead atoms. The lowest BCUT2D eigenvalue weighted by Crippen LogP contribution is -2.40. The highest BCUT2D eigenvalue weighted by atomic mass is 35.5. The third-order valence-electron chi connectivity index (χ3n) is 5.57. The van der Waals surface area contributed by atoms with Crippen molar-refractivity contribution in [3.8, 4) is 0 Å². The Hall–Kier alpha value is -3.59. The van der Waals surface area contributed by atoms with Gasteiger partial charge in [0.1, 0.15) is 5.02 Å². The Labute approximate surface area is 181 Å². The van der Waals surface area contributed by atoms with E-state index in [1.807, 2.05) is 0 Å². The summed E-state index contributed by atoms with van der Waals surface area (Å²) in [6.45, 7) is 0. The van der Waals surface area contributed by atoms with E-state index in [1.165, 1.54) is 35.2 Å². The summed E-state index contributed by atoms with van der Waals surface area (Å²) in [7, 11) is 0. The average Bonchev–Trinajstić information content (AvgIpc) is 2.74. The van der Waals surface area contributed by atoms with Crippen LogP contribution in [0, 0.1) is 20.2 Å². The molecule has 31 heavy (non-hydrogen) atoms. The SMILES string of the molecule is O=C1CCCC2=C1C(c1ccc([N+](=O)[O-])cc1)CC(=O)N2c1ccc(Cl)c([N+](=O)[O-])c1. The van der Waals surface area contributed by atoms with Crippen LogP contribution < -0.4 is 4.90 Å². The van der Waals surface area contributed by atoms with E-state index in [9.17, 15) is 29.8 Å². The molecule has 0 aromatic heterocycles. The van der Waals surface area contributed by atoms with Crippen molar-refractivity contribution in [1.82, 2.24) is 0 Å². The minimum atomic E-state index is -0.624. The van der Waals surface area contributed by atoms with Crippen LogP contribution in [0.15, 0.2) is 53.7 Å². The lowest BCUT2D eigenvalue weighted by molar-refractivity contribution is -0.385. The van der Waals surface area contributed by atoms with Crippen LogP contribution in [0.5, 0.6) is 0 Å². The second kappa shape index (κ2) is 7.92. The zero-order valence-electron chi connectivity index (χ0n) is 16.1. The van der Waals surface area contributed by atoms with Crippen molar-refractivity contribution in [2.24, 2.45) is 0 Å². The summed E-state index contributed by atoms with van der Waals surface area (Å²) in [6.07, 6.45) is 1.33. The fraction of sp³-hybridized carbons (Fsp3) is 0.238. The number of non-ortho nitro benzene ring substituents is 1. The number of nitro benzene ring substituents is 2. The van der Waals surface area contributed by atoms with Gasteiger partial charge in [0.2, 0.25) is 5.91 Å². The van der Waals surface area contributed by atoms with Crippen LogP contribution in [0.25, 0.3) is 0 Å². The van der Waals surface area contributed by atoms with Gasteiger partial charge in [-0.1, -0.05) is 23.7 Å². The first-order valence-corrected chi connectivity index (χ1v) is 9.93. The number of anilines is 1. The maximum atomic E-state index is 13.2. The predicted octanol–water partition coefficient (Wildman–Crippen LogP) is 4.68. The molecule has 0 fully saturated rings. The van der Waals surface area contributed by atoms with Gasteiger partial charge in [-0.3, -0.25) is 34.7 Å². The lowest BCUT2D eigenvalue weighted by atomic mass is 9.77. The van der Waals surface area contributed by atoms with Crippen LogP contribution in [0.3, 0.4) is 0 Å². The molecule has 1 amide bonds. The van der Waals surface area contributed by atoms with Gasteiger partial charge in [0.15, 0.2) is 5.78 Å². The van der Waals surface area contributed by atoms with Gasteiger partial charge in [-0.2, -0.15) is 0 Å². The zero-order chi connectivity index (χ0) is 22.3. The number of nitrogens with zero attached hydrogens (tertiary/aromatic N) is 3. The minimum Gasteiger partial charge on any atom is -0.294 e. The number of benzene rings is 2. The standard InChI is InChI=1S/C21H16ClN3O6/c22-16-9-8-14(10-18(16)25(30)31)23-17-2-1-3-19(26)21(17)15(11-20(23)27)12-4-6-13(7-5-12)24(28)29/h4-10,15H,1-3,11H2. The first-order valence-electron chi connectivity index (χ1n) is 9.55. The average molecular weight is 442 g/mol. The monoisotopic (exact) mass is 441 g/mol. The van der Waals surface area contributed by atoms with Crippen molar-refractivity contribution in [2.45, 2.75) is 31.6 Å². The fourth-order valence-corrected chi connectivity index (χ4v) is 4.37. The van der Waals surface area contributed by atoms with Gasteiger partial charge in [-0.25, -0.2) is 0 Å². The second-order valence-electron chi connectivity index (χ2n) is 7.36. The number of allylic oxidation sites excluding steroid dienone is 2. The van der Waals surface area contributed by atoms with Crippen molar-refractivity contribution in [3.05, 3.63) is 84.5 Å². The number of nitro groups is 2. The topological polar surface area (TPSA) is 124 Å². The maximum Gasteiger partial charge on any atom is 0.289 e. The Morgan fingerprint density at radius 2 is 1.68 bits per heavy atom. The van der Waals surface area contributed by atoms with Gasteiger partial charge in [0.25, 0.3) is 11.4 Å². The van der Waals surface area contributed by atoms with Crippen LogP contribution in [0.2, 0.25) is 5.02 Å². The van der Waals surface area contributed by atoms with Crippen molar-refractivity contribution < 1.29 is 19.4 Å². The third-order valence-corrected chi connectivity index (χ3v) is 5.89. The van der Waals surface area contributed by atoms with E-state index in [0.717, 1.165) is 0 Å². The highest BCUT2D eigenvalue weighted by molar-refractivity contribution is 6.32. The molecule has 0 saturated heterocycles. The number of halogens is 1. The number of hydrogen-bond acceptors (Lipinski definition) is 6. The van der Waals surface area contributed by atoms with Gasteiger partial charge < -0.3 is 0 Å². The molecule has 2 aliphatic rings. The molecular formula is C21H16ClN3O6. The van der Waals surface area contributed by atoms with Crippen LogP contribution >= 0.6 is 11.6 Å². The molecule has 0 radical (unpaired) electrons. The van der Waals surface area contributed by atoms with Crippen LogP contribution in [-0.2, 0) is 9.59 Å². The molecule has 1 aliphatic heterocycles. The number of amides is 1. The molecule has 158 valence electrons. The van der Waals surface area contributed by atoms with Crippen molar-refractivity contribution in [3.63, 3.8) is 0 Å². The predicted molar refractivity (Wildman–Crippen MR) is 112 cm³/mol. The minimum absolute atomic E-state index is 0.0290. The molecule has 0 saturated carbocycles. The van der Waals surface area contributed by atoms with Gasteiger partial charge >= 0.3 is 0 Å². The van der Waals surface area contributed by atoms with Crippen LogP contribution in [0.4, 0.5) is 17.1 Å². The molecule has 0 N–H and O–H groups in total. The number of rotatable bonds is 4. The molecule has 1 unspecified atom stereocenters. The summed E-state index contributed by atoms with van der Waals surface area (Å²) in [5.41, 5.74) is 1.53. The molecule has 0 spiro atoms. The molecule has 1 atom stereocenters. The van der Waals surface area contributed by atoms with Crippen LogP contribution in [-0.4, -0.2) is 21.5 Å². The molecule has 2 aromatic carbocycles. The number of Topliss-reactive ketones (excluding diaryl/α,β-unsaturated/α-hetero) is 1. The highest BCUT2D eigenvalue weighted by Gasteiger charge is 2.40. The van der Waals surface area contributed by atoms with E-state index in [2.05, 4.69) is 0 Å². The molecule has 9 nitrogen and oxygen atoms in total. The first kappa shape index (κ1) is 20.7. The van der Waals surface area contributed by atoms with E-state index in [4.69, 9.17) is 11.6 Å². The molecule has 10 heteroatoms. The Balaban J connectivity index is 1.83. The number of ketones is 1. The normalized spacial score (nSPS) is 18.7. The zero-order valence-corrected chi connectivity index (χ0v) is 16.9. The van der Waals surface area contributed by atoms with E-state index in [0.29, 0.717) is 36.1 Å². The maximum absolute atomic E-state index is 13.2. The van der Waals surface area contributed by atoms with E-state index < -0.39 is 15.8 Å². The summed E-state index contributed by atoms with van der Waals surface area (Å²) < 4.78 is 0. The molecule has 4 rings (SSSR count). The Morgan fingerprint density at radius 1 is 0.968 bits per heavy atom. The molecule has 1 heterocycles. The summed E-state index contributed by atoms with van der Waals surface area (Å²) in [6, 6.07) is 9.93. The summed E-state index contributed by atoms with van der Waals surface area (Å²) >= 11 is 5.91. The molecule has 1 aliphatic carbocycles. The Kier molecular flexibility index (Phi) is 5.28. The smallest absolute Gasteiger partial charge is 0.289 e. The van der Waals surface area contributed by atoms with Crippen molar-refractivity contribution >= 4 is 40.4 Å². The number of carbonyl (C=O) groups is 2. The lowest BCUT2D eigenvalue weighted by Gasteiger charge is -2.38. The van der Waals surface area contributed by atoms with Crippen LogP contribution in [0.1, 0.15) is 37.2 Å². The number of hydrogen-bond donors (Lipinski definition) is 0. The van der Waals surface area contributed by atoms with Crippen molar-refractivity contribution in [1.29, 1.82) is 0 Å². The highest BCUT2D eigenvalue weighted by Crippen LogP contribution is 2.44. The van der Waals surface area contributed by atoms with E-state index in [1.54, 1.807) is 12.1 Å². The number of carbonyl (C=O) groups excluding carboxylic acids is 2. The summed E-state index contributed by atoms with van der Waals surface area (Å²) in [5.74, 6) is -0.923. The Bertz CT molecular complexity index is 1160. The van der Waals surface area contributed by atoms with Gasteiger partial charge in [-0.05, 0) is 30.5 Å². The first-order chi connectivity index (χ1) is 14.8. The second-order valence-corrected chi connectivity index (χ2v) is 7.77. The largest absolute Gasteiger partial charge is 0.294 e. The summed E-state index contributed by atoms with van der Waals surface area (Å²) in [4.78, 5) is 48.5. The van der Waals surface area contributed by atoms with E-state index >= 15 is 0 Å². The van der Waals surface area contributed by atoms with Gasteiger partial charge in [0.05, 0.1) is 15.5 Å². The summed E-state index contributed by atoms with van der Waals surface area (Å²) in [5, 5.41) is 22.2. The van der Waals surface area contributed by atoms with Gasteiger partial charge in [-0.15, -0.1) is 0 Å². The van der Waals surface area contributed by atoms with E-state index in [-0.39, 0.29) is 40.2 Å². The quantitative estimate of drug-likeness (QED) is 0.501. The van der Waals surface area contributed by atoms with Crippen molar-refractivity contribution in [2.75, 3.05) is 4.90 Å². The molecule has 2 aromatic rings. The van der Waals surface area contributed by atoms with Gasteiger partial charge in [0, 0.05) is 48.2 Å².